The Labute approximate surface area is 84.7 Å². The first kappa shape index (κ1) is 11.8. The van der Waals surface area contributed by atoms with Crippen molar-refractivity contribution in [3.63, 3.8) is 0 Å². The molecule has 5 heteroatoms. The minimum absolute atomic E-state index is 0.497. The van der Waals surface area contributed by atoms with Crippen LogP contribution in [0.2, 0.25) is 0 Å². The standard InChI is InChI=1S/C10H10F4O/c1-2-3-7-4-8(11)6-9(5-7)15-10(12,13)14/h4-6H,2-3H2,1H3. The van der Waals surface area contributed by atoms with Gasteiger partial charge in [0.2, 0.25) is 0 Å². The summed E-state index contributed by atoms with van der Waals surface area (Å²) in [6, 6.07) is 3.11. The summed E-state index contributed by atoms with van der Waals surface area (Å²) in [7, 11) is 0. The first-order chi connectivity index (χ1) is 6.90. The molecule has 0 fully saturated rings. The third kappa shape index (κ3) is 4.18. The first-order valence-electron chi connectivity index (χ1n) is 4.46. The molecule has 0 saturated heterocycles. The minimum Gasteiger partial charge on any atom is -0.406 e. The van der Waals surface area contributed by atoms with E-state index in [1.54, 1.807) is 0 Å². The zero-order valence-electron chi connectivity index (χ0n) is 8.07. The molecule has 1 aromatic carbocycles. The molecule has 0 aliphatic rings. The third-order valence-electron chi connectivity index (χ3n) is 1.70. The molecule has 0 spiro atoms. The smallest absolute Gasteiger partial charge is 0.406 e. The second-order valence-electron chi connectivity index (χ2n) is 3.09. The minimum atomic E-state index is -4.78. The SMILES string of the molecule is CCCc1cc(F)cc(OC(F)(F)F)c1. The zero-order valence-corrected chi connectivity index (χ0v) is 8.07. The van der Waals surface area contributed by atoms with Gasteiger partial charge < -0.3 is 4.74 Å². The van der Waals surface area contributed by atoms with Crippen LogP contribution in [0.5, 0.6) is 5.75 Å². The summed E-state index contributed by atoms with van der Waals surface area (Å²) in [5.74, 6) is -1.23. The fourth-order valence-electron chi connectivity index (χ4n) is 1.25. The van der Waals surface area contributed by atoms with Crippen molar-refractivity contribution in [3.05, 3.63) is 29.6 Å². The Morgan fingerprint density at radius 2 is 1.87 bits per heavy atom. The number of aryl methyl sites for hydroxylation is 1. The molecule has 0 bridgehead atoms. The van der Waals surface area contributed by atoms with Crippen molar-refractivity contribution in [2.45, 2.75) is 26.1 Å². The van der Waals surface area contributed by atoms with Crippen LogP contribution in [0.4, 0.5) is 17.6 Å². The highest BCUT2D eigenvalue weighted by Crippen LogP contribution is 2.25. The second-order valence-corrected chi connectivity index (χ2v) is 3.09. The molecule has 0 radical (unpaired) electrons. The van der Waals surface area contributed by atoms with E-state index in [4.69, 9.17) is 0 Å². The molecule has 0 unspecified atom stereocenters. The summed E-state index contributed by atoms with van der Waals surface area (Å²) in [5, 5.41) is 0. The van der Waals surface area contributed by atoms with Crippen LogP contribution in [0, 0.1) is 5.82 Å². The lowest BCUT2D eigenvalue weighted by atomic mass is 10.1. The molecule has 1 nitrogen and oxygen atoms in total. The number of benzene rings is 1. The number of hydrogen-bond acceptors (Lipinski definition) is 1. The predicted molar refractivity (Wildman–Crippen MR) is 47.1 cm³/mol. The lowest BCUT2D eigenvalue weighted by molar-refractivity contribution is -0.274. The molecular weight excluding hydrogens is 212 g/mol. The van der Waals surface area contributed by atoms with Crippen LogP contribution < -0.4 is 4.74 Å². The van der Waals surface area contributed by atoms with Crippen molar-refractivity contribution < 1.29 is 22.3 Å². The summed E-state index contributed by atoms with van der Waals surface area (Å²) in [5.41, 5.74) is 0.497. The lowest BCUT2D eigenvalue weighted by Gasteiger charge is -2.10. The maximum atomic E-state index is 12.9. The Bertz CT molecular complexity index is 333. The molecule has 0 saturated carbocycles. The van der Waals surface area contributed by atoms with Crippen molar-refractivity contribution in [1.29, 1.82) is 0 Å². The van der Waals surface area contributed by atoms with Crippen molar-refractivity contribution in [3.8, 4) is 5.75 Å². The second kappa shape index (κ2) is 4.51. The van der Waals surface area contributed by atoms with Gasteiger partial charge in [0.15, 0.2) is 0 Å². The average Bonchev–Trinajstić information content (AvgIpc) is 1.99. The van der Waals surface area contributed by atoms with Gasteiger partial charge in [0.1, 0.15) is 11.6 Å². The molecule has 84 valence electrons. The van der Waals surface area contributed by atoms with Crippen LogP contribution in [0.25, 0.3) is 0 Å². The van der Waals surface area contributed by atoms with E-state index in [1.165, 1.54) is 12.1 Å². The number of halogens is 4. The van der Waals surface area contributed by atoms with Gasteiger partial charge in [0, 0.05) is 6.07 Å². The van der Waals surface area contributed by atoms with E-state index in [9.17, 15) is 17.6 Å². The number of rotatable bonds is 3. The highest BCUT2D eigenvalue weighted by atomic mass is 19.4. The lowest BCUT2D eigenvalue weighted by Crippen LogP contribution is -2.17. The van der Waals surface area contributed by atoms with Crippen LogP contribution in [-0.4, -0.2) is 6.36 Å². The van der Waals surface area contributed by atoms with Crippen molar-refractivity contribution in [1.82, 2.24) is 0 Å². The molecule has 0 heterocycles. The monoisotopic (exact) mass is 222 g/mol. The van der Waals surface area contributed by atoms with Crippen LogP contribution >= 0.6 is 0 Å². The Hall–Kier alpha value is -1.26. The van der Waals surface area contributed by atoms with E-state index in [0.717, 1.165) is 6.42 Å². The molecular formula is C10H10F4O. The fourth-order valence-corrected chi connectivity index (χ4v) is 1.25. The van der Waals surface area contributed by atoms with E-state index in [-0.39, 0.29) is 0 Å². The van der Waals surface area contributed by atoms with E-state index in [2.05, 4.69) is 4.74 Å². The van der Waals surface area contributed by atoms with E-state index < -0.39 is 17.9 Å². The molecule has 0 N–H and O–H groups in total. The molecule has 0 aromatic heterocycles. The van der Waals surface area contributed by atoms with Crippen LogP contribution in [0.15, 0.2) is 18.2 Å². The topological polar surface area (TPSA) is 9.23 Å². The van der Waals surface area contributed by atoms with Gasteiger partial charge in [-0.25, -0.2) is 4.39 Å². The van der Waals surface area contributed by atoms with Gasteiger partial charge in [-0.15, -0.1) is 13.2 Å². The maximum Gasteiger partial charge on any atom is 0.573 e. The summed E-state index contributed by atoms with van der Waals surface area (Å²) in [6.45, 7) is 1.86. The molecule has 0 aliphatic heterocycles. The average molecular weight is 222 g/mol. The van der Waals surface area contributed by atoms with Gasteiger partial charge in [-0.3, -0.25) is 0 Å². The molecule has 0 aliphatic carbocycles. The number of alkyl halides is 3. The van der Waals surface area contributed by atoms with Gasteiger partial charge >= 0.3 is 6.36 Å². The van der Waals surface area contributed by atoms with Crippen molar-refractivity contribution in [2.75, 3.05) is 0 Å². The molecule has 1 rings (SSSR count). The molecule has 1 aromatic rings. The Morgan fingerprint density at radius 3 is 2.40 bits per heavy atom. The van der Waals surface area contributed by atoms with Crippen molar-refractivity contribution in [2.24, 2.45) is 0 Å². The van der Waals surface area contributed by atoms with Crippen LogP contribution in [0.1, 0.15) is 18.9 Å². The van der Waals surface area contributed by atoms with Crippen molar-refractivity contribution >= 4 is 0 Å². The summed E-state index contributed by atoms with van der Waals surface area (Å²) in [6.07, 6.45) is -3.53. The molecule has 0 amide bonds. The van der Waals surface area contributed by atoms with E-state index in [0.29, 0.717) is 18.1 Å². The van der Waals surface area contributed by atoms with E-state index >= 15 is 0 Å². The summed E-state index contributed by atoms with van der Waals surface area (Å²) < 4.78 is 52.0. The third-order valence-corrected chi connectivity index (χ3v) is 1.70. The fraction of sp³-hybridized carbons (Fsp3) is 0.400. The highest BCUT2D eigenvalue weighted by molar-refractivity contribution is 5.29. The Kier molecular flexibility index (Phi) is 3.55. The van der Waals surface area contributed by atoms with Gasteiger partial charge in [0.25, 0.3) is 0 Å². The number of hydrogen-bond donors (Lipinski definition) is 0. The quantitative estimate of drug-likeness (QED) is 0.709. The zero-order chi connectivity index (χ0) is 11.5. The highest BCUT2D eigenvalue weighted by Gasteiger charge is 2.31. The predicted octanol–water partition coefficient (Wildman–Crippen LogP) is 3.68. The normalized spacial score (nSPS) is 11.5. The maximum absolute atomic E-state index is 12.9. The Morgan fingerprint density at radius 1 is 1.20 bits per heavy atom. The van der Waals surface area contributed by atoms with Gasteiger partial charge in [-0.05, 0) is 24.1 Å². The summed E-state index contributed by atoms with van der Waals surface area (Å²) >= 11 is 0. The van der Waals surface area contributed by atoms with Gasteiger partial charge in [-0.1, -0.05) is 13.3 Å². The van der Waals surface area contributed by atoms with Gasteiger partial charge in [-0.2, -0.15) is 0 Å². The van der Waals surface area contributed by atoms with Crippen LogP contribution in [-0.2, 0) is 6.42 Å². The van der Waals surface area contributed by atoms with Crippen LogP contribution in [0.3, 0.4) is 0 Å². The largest absolute Gasteiger partial charge is 0.573 e. The summed E-state index contributed by atoms with van der Waals surface area (Å²) in [4.78, 5) is 0. The molecule has 0 atom stereocenters. The molecule has 15 heavy (non-hydrogen) atoms. The Balaban J connectivity index is 2.88. The number of ether oxygens (including phenoxy) is 1. The van der Waals surface area contributed by atoms with E-state index in [1.807, 2.05) is 6.92 Å². The van der Waals surface area contributed by atoms with Gasteiger partial charge in [0.05, 0.1) is 0 Å². The first-order valence-corrected chi connectivity index (χ1v) is 4.46.